The molecule has 0 aliphatic carbocycles. The van der Waals surface area contributed by atoms with Crippen LogP contribution in [-0.2, 0) is 16.7 Å². The van der Waals surface area contributed by atoms with Crippen molar-refractivity contribution in [1.29, 1.82) is 0 Å². The SMILES string of the molecule is CC(C[n+]1ccc(-c2ncccn2)cn1)S(=O)(=O)O. The first kappa shape index (κ1) is 13.5. The molecular formula is C11H13N4O3S+. The Bertz CT molecular complexity index is 643. The van der Waals surface area contributed by atoms with Crippen LogP contribution in [0.3, 0.4) is 0 Å². The molecule has 8 heteroatoms. The molecule has 1 atom stereocenters. The average Bonchev–Trinajstić information content (AvgIpc) is 2.39. The van der Waals surface area contributed by atoms with Crippen LogP contribution < -0.4 is 4.68 Å². The molecule has 0 aliphatic rings. The number of nitrogens with zero attached hydrogens (tertiary/aromatic N) is 4. The largest absolute Gasteiger partial charge is 0.285 e. The quantitative estimate of drug-likeness (QED) is 0.630. The van der Waals surface area contributed by atoms with Gasteiger partial charge in [0.05, 0.1) is 0 Å². The highest BCUT2D eigenvalue weighted by atomic mass is 32.2. The third-order valence-corrected chi connectivity index (χ3v) is 3.71. The maximum absolute atomic E-state index is 10.9. The highest BCUT2D eigenvalue weighted by molar-refractivity contribution is 7.86. The molecule has 0 fully saturated rings. The maximum atomic E-state index is 10.9. The van der Waals surface area contributed by atoms with Crippen molar-refractivity contribution in [1.82, 2.24) is 15.1 Å². The van der Waals surface area contributed by atoms with Gasteiger partial charge in [-0.1, -0.05) is 4.68 Å². The van der Waals surface area contributed by atoms with Gasteiger partial charge >= 0.3 is 0 Å². The van der Waals surface area contributed by atoms with E-state index in [2.05, 4.69) is 15.1 Å². The zero-order valence-electron chi connectivity index (χ0n) is 10.2. The van der Waals surface area contributed by atoms with E-state index in [9.17, 15) is 8.42 Å². The van der Waals surface area contributed by atoms with Crippen molar-refractivity contribution in [2.75, 3.05) is 0 Å². The normalized spacial score (nSPS) is 13.2. The second-order valence-electron chi connectivity index (χ2n) is 4.04. The van der Waals surface area contributed by atoms with E-state index in [1.165, 1.54) is 11.6 Å². The van der Waals surface area contributed by atoms with Crippen molar-refractivity contribution in [2.45, 2.75) is 18.7 Å². The molecule has 1 N–H and O–H groups in total. The summed E-state index contributed by atoms with van der Waals surface area (Å²) in [6, 6.07) is 3.45. The van der Waals surface area contributed by atoms with Crippen LogP contribution in [-0.4, -0.2) is 33.3 Å². The lowest BCUT2D eigenvalue weighted by Gasteiger charge is -2.02. The minimum atomic E-state index is -4.05. The van der Waals surface area contributed by atoms with Gasteiger partial charge in [0.2, 0.25) is 0 Å². The predicted octanol–water partition coefficient (Wildman–Crippen LogP) is 0.102. The van der Waals surface area contributed by atoms with Gasteiger partial charge in [0, 0.05) is 24.0 Å². The summed E-state index contributed by atoms with van der Waals surface area (Å²) in [5.41, 5.74) is 0.733. The van der Waals surface area contributed by atoms with Crippen LogP contribution in [0.5, 0.6) is 0 Å². The predicted molar refractivity (Wildman–Crippen MR) is 66.5 cm³/mol. The zero-order valence-corrected chi connectivity index (χ0v) is 11.0. The minimum Gasteiger partial charge on any atom is -0.285 e. The van der Waals surface area contributed by atoms with Gasteiger partial charge in [-0.3, -0.25) is 4.55 Å². The van der Waals surface area contributed by atoms with E-state index >= 15 is 0 Å². The molecule has 2 heterocycles. The summed E-state index contributed by atoms with van der Waals surface area (Å²) in [6.45, 7) is 1.49. The van der Waals surface area contributed by atoms with Crippen LogP contribution in [0.2, 0.25) is 0 Å². The molecule has 2 aromatic heterocycles. The molecule has 0 radical (unpaired) electrons. The molecule has 0 amide bonds. The molecule has 0 aliphatic heterocycles. The van der Waals surface area contributed by atoms with Gasteiger partial charge in [0.1, 0.15) is 11.4 Å². The number of rotatable bonds is 4. The summed E-state index contributed by atoms with van der Waals surface area (Å²) in [4.78, 5) is 8.17. The zero-order chi connectivity index (χ0) is 13.9. The van der Waals surface area contributed by atoms with Gasteiger partial charge in [0.15, 0.2) is 18.6 Å². The summed E-state index contributed by atoms with van der Waals surface area (Å²) < 4.78 is 32.2. The summed E-state index contributed by atoms with van der Waals surface area (Å²) in [5, 5.41) is 3.16. The second kappa shape index (κ2) is 5.37. The van der Waals surface area contributed by atoms with Crippen molar-refractivity contribution in [3.63, 3.8) is 0 Å². The van der Waals surface area contributed by atoms with Crippen molar-refractivity contribution in [2.24, 2.45) is 0 Å². The van der Waals surface area contributed by atoms with Crippen LogP contribution in [0.15, 0.2) is 36.9 Å². The van der Waals surface area contributed by atoms with Gasteiger partial charge in [-0.15, -0.1) is 0 Å². The van der Waals surface area contributed by atoms with Gasteiger partial charge in [-0.2, -0.15) is 8.42 Å². The lowest BCUT2D eigenvalue weighted by atomic mass is 10.3. The number of hydrogen-bond donors (Lipinski definition) is 1. The average molecular weight is 281 g/mol. The Morgan fingerprint density at radius 3 is 2.58 bits per heavy atom. The standard InChI is InChI=1S/C11H12N4O3S/c1-9(19(16,17)18)8-15-6-3-10(7-14-15)11-12-4-2-5-13-11/h2-7,9H,8H2,1H3/p+1. The fraction of sp³-hybridized carbons (Fsp3) is 0.273. The summed E-state index contributed by atoms with van der Waals surface area (Å²) in [6.07, 6.45) is 6.42. The Morgan fingerprint density at radius 1 is 1.37 bits per heavy atom. The summed E-state index contributed by atoms with van der Waals surface area (Å²) in [7, 11) is -4.05. The van der Waals surface area contributed by atoms with E-state index in [-0.39, 0.29) is 6.54 Å². The Hall–Kier alpha value is -1.93. The molecule has 0 bridgehead atoms. The van der Waals surface area contributed by atoms with Gasteiger partial charge < -0.3 is 0 Å². The molecule has 0 aromatic carbocycles. The van der Waals surface area contributed by atoms with E-state index < -0.39 is 15.4 Å². The first-order valence-electron chi connectivity index (χ1n) is 5.56. The monoisotopic (exact) mass is 281 g/mol. The molecule has 0 saturated carbocycles. The van der Waals surface area contributed by atoms with E-state index in [1.54, 1.807) is 36.9 Å². The Morgan fingerprint density at radius 2 is 2.05 bits per heavy atom. The van der Waals surface area contributed by atoms with Gasteiger partial charge in [0.25, 0.3) is 10.1 Å². The molecular weight excluding hydrogens is 268 g/mol. The van der Waals surface area contributed by atoms with Crippen LogP contribution >= 0.6 is 0 Å². The van der Waals surface area contributed by atoms with Crippen LogP contribution in [0.1, 0.15) is 6.92 Å². The number of hydrogen-bond acceptors (Lipinski definition) is 5. The molecule has 2 rings (SSSR count). The highest BCUT2D eigenvalue weighted by Gasteiger charge is 2.22. The second-order valence-corrected chi connectivity index (χ2v) is 5.87. The van der Waals surface area contributed by atoms with Gasteiger partial charge in [-0.05, 0) is 18.1 Å². The fourth-order valence-corrected chi connectivity index (χ4v) is 1.77. The van der Waals surface area contributed by atoms with E-state index in [0.717, 1.165) is 5.56 Å². The summed E-state index contributed by atoms with van der Waals surface area (Å²) in [5.74, 6) is 0.546. The van der Waals surface area contributed by atoms with Crippen molar-refractivity contribution >= 4 is 10.1 Å². The molecule has 1 unspecified atom stereocenters. The van der Waals surface area contributed by atoms with Crippen LogP contribution in [0, 0.1) is 0 Å². The Kier molecular flexibility index (Phi) is 3.82. The van der Waals surface area contributed by atoms with Crippen LogP contribution in [0.4, 0.5) is 0 Å². The molecule has 0 spiro atoms. The van der Waals surface area contributed by atoms with Crippen molar-refractivity contribution < 1.29 is 17.7 Å². The molecule has 100 valence electrons. The van der Waals surface area contributed by atoms with Crippen molar-refractivity contribution in [3.05, 3.63) is 36.9 Å². The van der Waals surface area contributed by atoms with Crippen LogP contribution in [0.25, 0.3) is 11.4 Å². The Labute approximate surface area is 110 Å². The van der Waals surface area contributed by atoms with E-state index in [0.29, 0.717) is 5.82 Å². The minimum absolute atomic E-state index is 0.0781. The molecule has 7 nitrogen and oxygen atoms in total. The first-order chi connectivity index (χ1) is 8.97. The lowest BCUT2D eigenvalue weighted by Crippen LogP contribution is -2.44. The maximum Gasteiger partial charge on any atom is 0.273 e. The smallest absolute Gasteiger partial charge is 0.273 e. The lowest BCUT2D eigenvalue weighted by molar-refractivity contribution is -0.753. The fourth-order valence-electron chi connectivity index (χ4n) is 1.43. The van der Waals surface area contributed by atoms with Gasteiger partial charge in [-0.25, -0.2) is 9.97 Å². The Balaban J connectivity index is 2.16. The first-order valence-corrected chi connectivity index (χ1v) is 7.06. The molecule has 19 heavy (non-hydrogen) atoms. The molecule has 0 saturated heterocycles. The van der Waals surface area contributed by atoms with E-state index in [4.69, 9.17) is 4.55 Å². The van der Waals surface area contributed by atoms with Crippen molar-refractivity contribution in [3.8, 4) is 11.4 Å². The topological polar surface area (TPSA) is 96.9 Å². The highest BCUT2D eigenvalue weighted by Crippen LogP contribution is 2.09. The number of aromatic nitrogens is 4. The third-order valence-electron chi connectivity index (χ3n) is 2.55. The van der Waals surface area contributed by atoms with E-state index in [1.807, 2.05) is 0 Å². The molecule has 2 aromatic rings. The summed E-state index contributed by atoms with van der Waals surface area (Å²) >= 11 is 0. The third kappa shape index (κ3) is 3.52.